The van der Waals surface area contributed by atoms with Crippen molar-refractivity contribution in [2.45, 2.75) is 12.8 Å². The highest BCUT2D eigenvalue weighted by molar-refractivity contribution is 5.95. The van der Waals surface area contributed by atoms with Crippen LogP contribution in [0.3, 0.4) is 0 Å². The fraction of sp³-hybridized carbons (Fsp3) is 0.222. The van der Waals surface area contributed by atoms with Gasteiger partial charge in [-0.3, -0.25) is 14.9 Å². The van der Waals surface area contributed by atoms with Gasteiger partial charge in [0.1, 0.15) is 11.8 Å². The van der Waals surface area contributed by atoms with Gasteiger partial charge in [-0.25, -0.2) is 0 Å². The molecule has 1 heterocycles. The number of nitriles is 1. The van der Waals surface area contributed by atoms with Crippen molar-refractivity contribution in [3.05, 3.63) is 63.7 Å². The van der Waals surface area contributed by atoms with E-state index in [0.717, 1.165) is 12.0 Å². The lowest BCUT2D eigenvalue weighted by atomic mass is 10.0. The van der Waals surface area contributed by atoms with Crippen molar-refractivity contribution in [2.75, 3.05) is 18.1 Å². The SMILES string of the molecule is N#Cc1ccccc1OCC(=O)N1CCCc2cc([N+](=O)[O-])ccc21. The highest BCUT2D eigenvalue weighted by Crippen LogP contribution is 2.30. The van der Waals surface area contributed by atoms with Crippen LogP contribution >= 0.6 is 0 Å². The summed E-state index contributed by atoms with van der Waals surface area (Å²) in [6, 6.07) is 13.2. The summed E-state index contributed by atoms with van der Waals surface area (Å²) in [5.41, 5.74) is 1.85. The van der Waals surface area contributed by atoms with Gasteiger partial charge in [0, 0.05) is 24.4 Å². The molecule has 25 heavy (non-hydrogen) atoms. The number of hydrogen-bond donors (Lipinski definition) is 0. The summed E-state index contributed by atoms with van der Waals surface area (Å²) in [6.07, 6.45) is 1.42. The smallest absolute Gasteiger partial charge is 0.269 e. The molecule has 0 fully saturated rings. The highest BCUT2D eigenvalue weighted by atomic mass is 16.6. The van der Waals surface area contributed by atoms with Crippen molar-refractivity contribution in [3.63, 3.8) is 0 Å². The van der Waals surface area contributed by atoms with Gasteiger partial charge in [0.25, 0.3) is 11.6 Å². The minimum atomic E-state index is -0.441. The lowest BCUT2D eigenvalue weighted by Crippen LogP contribution is -2.38. The Morgan fingerprint density at radius 2 is 2.12 bits per heavy atom. The minimum Gasteiger partial charge on any atom is -0.482 e. The second kappa shape index (κ2) is 7.01. The number of rotatable bonds is 4. The number of benzene rings is 2. The number of hydrogen-bond acceptors (Lipinski definition) is 5. The third-order valence-corrected chi connectivity index (χ3v) is 4.05. The Kier molecular flexibility index (Phi) is 4.61. The number of amides is 1. The molecule has 0 aliphatic carbocycles. The quantitative estimate of drug-likeness (QED) is 0.631. The first kappa shape index (κ1) is 16.5. The van der Waals surface area contributed by atoms with Crippen LogP contribution in [-0.2, 0) is 11.2 Å². The van der Waals surface area contributed by atoms with Crippen LogP contribution in [-0.4, -0.2) is 24.0 Å². The van der Waals surface area contributed by atoms with Crippen molar-refractivity contribution < 1.29 is 14.5 Å². The molecule has 0 aromatic heterocycles. The van der Waals surface area contributed by atoms with E-state index < -0.39 is 4.92 Å². The van der Waals surface area contributed by atoms with Crippen molar-refractivity contribution in [1.29, 1.82) is 5.26 Å². The number of anilines is 1. The molecule has 1 aliphatic heterocycles. The second-order valence-electron chi connectivity index (χ2n) is 5.62. The van der Waals surface area contributed by atoms with Gasteiger partial charge < -0.3 is 9.64 Å². The van der Waals surface area contributed by atoms with Crippen LogP contribution in [0.25, 0.3) is 0 Å². The van der Waals surface area contributed by atoms with E-state index >= 15 is 0 Å². The number of aryl methyl sites for hydroxylation is 1. The van der Waals surface area contributed by atoms with E-state index in [1.165, 1.54) is 12.1 Å². The zero-order valence-corrected chi connectivity index (χ0v) is 13.3. The molecule has 0 unspecified atom stereocenters. The first-order valence-electron chi connectivity index (χ1n) is 7.80. The Hall–Kier alpha value is -3.40. The Labute approximate surface area is 144 Å². The molecule has 2 aromatic rings. The fourth-order valence-corrected chi connectivity index (χ4v) is 2.86. The number of para-hydroxylation sites is 1. The molecule has 3 rings (SSSR count). The number of ether oxygens (including phenoxy) is 1. The van der Waals surface area contributed by atoms with E-state index in [0.29, 0.717) is 30.0 Å². The van der Waals surface area contributed by atoms with Crippen LogP contribution in [0.4, 0.5) is 11.4 Å². The minimum absolute atomic E-state index is 0.0206. The van der Waals surface area contributed by atoms with Gasteiger partial charge >= 0.3 is 0 Å². The molecule has 0 N–H and O–H groups in total. The number of carbonyl (C=O) groups is 1. The van der Waals surface area contributed by atoms with Crippen LogP contribution in [0.15, 0.2) is 42.5 Å². The number of nitrogens with zero attached hydrogens (tertiary/aromatic N) is 3. The third kappa shape index (κ3) is 3.43. The predicted octanol–water partition coefficient (Wildman–Crippen LogP) is 2.82. The van der Waals surface area contributed by atoms with Crippen LogP contribution < -0.4 is 9.64 Å². The van der Waals surface area contributed by atoms with E-state index in [4.69, 9.17) is 10.00 Å². The summed E-state index contributed by atoms with van der Waals surface area (Å²) in [7, 11) is 0. The van der Waals surface area contributed by atoms with Crippen molar-refractivity contribution in [3.8, 4) is 11.8 Å². The van der Waals surface area contributed by atoms with Crippen molar-refractivity contribution in [2.24, 2.45) is 0 Å². The van der Waals surface area contributed by atoms with Gasteiger partial charge in [0.15, 0.2) is 6.61 Å². The molecular formula is C18H15N3O4. The molecular weight excluding hydrogens is 322 g/mol. The van der Waals surface area contributed by atoms with Gasteiger partial charge in [0.2, 0.25) is 0 Å². The van der Waals surface area contributed by atoms with E-state index in [2.05, 4.69) is 0 Å². The normalized spacial score (nSPS) is 12.8. The molecule has 0 spiro atoms. The Morgan fingerprint density at radius 1 is 1.32 bits per heavy atom. The predicted molar refractivity (Wildman–Crippen MR) is 90.4 cm³/mol. The highest BCUT2D eigenvalue weighted by Gasteiger charge is 2.24. The molecule has 1 amide bonds. The van der Waals surface area contributed by atoms with Gasteiger partial charge in [0.05, 0.1) is 10.5 Å². The van der Waals surface area contributed by atoms with Gasteiger partial charge in [-0.2, -0.15) is 5.26 Å². The second-order valence-corrected chi connectivity index (χ2v) is 5.62. The topological polar surface area (TPSA) is 96.5 Å². The standard InChI is InChI=1S/C18H15N3O4/c19-11-14-4-1-2-6-17(14)25-12-18(22)20-9-3-5-13-10-15(21(23)24)7-8-16(13)20/h1-2,4,6-8,10H,3,5,9,12H2. The van der Waals surface area contributed by atoms with E-state index in [1.54, 1.807) is 35.2 Å². The number of non-ortho nitro benzene ring substituents is 1. The summed E-state index contributed by atoms with van der Waals surface area (Å²) in [5.74, 6) is 0.113. The van der Waals surface area contributed by atoms with Crippen LogP contribution in [0.1, 0.15) is 17.5 Å². The molecule has 7 heteroatoms. The summed E-state index contributed by atoms with van der Waals surface area (Å²) < 4.78 is 5.50. The Morgan fingerprint density at radius 3 is 2.88 bits per heavy atom. The average molecular weight is 337 g/mol. The maximum absolute atomic E-state index is 12.5. The van der Waals surface area contributed by atoms with Gasteiger partial charge in [-0.1, -0.05) is 12.1 Å². The summed E-state index contributed by atoms with van der Waals surface area (Å²) in [6.45, 7) is 0.335. The molecule has 0 saturated heterocycles. The summed E-state index contributed by atoms with van der Waals surface area (Å²) >= 11 is 0. The van der Waals surface area contributed by atoms with E-state index in [9.17, 15) is 14.9 Å². The van der Waals surface area contributed by atoms with Crippen molar-refractivity contribution in [1.82, 2.24) is 0 Å². The number of fused-ring (bicyclic) bond motifs is 1. The molecule has 0 bridgehead atoms. The fourth-order valence-electron chi connectivity index (χ4n) is 2.86. The zero-order chi connectivity index (χ0) is 17.8. The lowest BCUT2D eigenvalue weighted by molar-refractivity contribution is -0.384. The average Bonchev–Trinajstić information content (AvgIpc) is 2.65. The molecule has 0 atom stereocenters. The number of nitro benzene ring substituents is 1. The Bertz CT molecular complexity index is 873. The zero-order valence-electron chi connectivity index (χ0n) is 13.3. The Balaban J connectivity index is 1.76. The number of nitro groups is 1. The number of carbonyl (C=O) groups excluding carboxylic acids is 1. The third-order valence-electron chi connectivity index (χ3n) is 4.05. The summed E-state index contributed by atoms with van der Waals surface area (Å²) in [4.78, 5) is 24.6. The van der Waals surface area contributed by atoms with Crippen molar-refractivity contribution >= 4 is 17.3 Å². The van der Waals surface area contributed by atoms with Crippen LogP contribution in [0, 0.1) is 21.4 Å². The van der Waals surface area contributed by atoms with E-state index in [-0.39, 0.29) is 18.2 Å². The molecule has 2 aromatic carbocycles. The largest absolute Gasteiger partial charge is 0.482 e. The van der Waals surface area contributed by atoms with Gasteiger partial charge in [-0.05, 0) is 36.6 Å². The maximum atomic E-state index is 12.5. The van der Waals surface area contributed by atoms with E-state index in [1.807, 2.05) is 6.07 Å². The molecule has 1 aliphatic rings. The first-order chi connectivity index (χ1) is 12.1. The summed E-state index contributed by atoms with van der Waals surface area (Å²) in [5, 5.41) is 20.0. The monoisotopic (exact) mass is 337 g/mol. The molecule has 7 nitrogen and oxygen atoms in total. The molecule has 0 saturated carbocycles. The first-order valence-corrected chi connectivity index (χ1v) is 7.80. The maximum Gasteiger partial charge on any atom is 0.269 e. The van der Waals surface area contributed by atoms with Crippen LogP contribution in [0.2, 0.25) is 0 Å². The van der Waals surface area contributed by atoms with Crippen LogP contribution in [0.5, 0.6) is 5.75 Å². The molecule has 126 valence electrons. The molecule has 0 radical (unpaired) electrons. The lowest BCUT2D eigenvalue weighted by Gasteiger charge is -2.29. The van der Waals surface area contributed by atoms with Gasteiger partial charge in [-0.15, -0.1) is 0 Å².